The van der Waals surface area contributed by atoms with Gasteiger partial charge in [0.2, 0.25) is 5.91 Å². The van der Waals surface area contributed by atoms with Crippen molar-refractivity contribution < 1.29 is 14.3 Å². The maximum absolute atomic E-state index is 11.9. The van der Waals surface area contributed by atoms with Crippen LogP contribution in [0.5, 0.6) is 0 Å². The summed E-state index contributed by atoms with van der Waals surface area (Å²) >= 11 is 1.18. The molecule has 0 aliphatic heterocycles. The van der Waals surface area contributed by atoms with Gasteiger partial charge in [0, 0.05) is 26.6 Å². The van der Waals surface area contributed by atoms with E-state index in [1.807, 2.05) is 0 Å². The number of amides is 2. The predicted molar refractivity (Wildman–Crippen MR) is 77.7 cm³/mol. The van der Waals surface area contributed by atoms with Gasteiger partial charge in [-0.15, -0.1) is 0 Å². The van der Waals surface area contributed by atoms with E-state index in [2.05, 4.69) is 15.6 Å². The molecule has 20 heavy (non-hydrogen) atoms. The highest BCUT2D eigenvalue weighted by Crippen LogP contribution is 2.24. The number of primary amides is 1. The summed E-state index contributed by atoms with van der Waals surface area (Å²) in [6.07, 6.45) is 0.737. The van der Waals surface area contributed by atoms with Gasteiger partial charge in [0.1, 0.15) is 10.7 Å². The van der Waals surface area contributed by atoms with Gasteiger partial charge in [-0.05, 0) is 6.42 Å². The molecule has 0 aliphatic rings. The molecule has 0 radical (unpaired) electrons. The zero-order chi connectivity index (χ0) is 15.0. The summed E-state index contributed by atoms with van der Waals surface area (Å²) in [5.74, 6) is -0.507. The molecule has 0 atom stereocenters. The number of hydrogen-bond acceptors (Lipinski definition) is 7. The molecule has 112 valence electrons. The minimum Gasteiger partial charge on any atom is -0.383 e. The molecule has 0 saturated heterocycles. The standard InChI is InChI=1S/C11H19N5O3S/c1-19-6-5-15-11-16-9(13)8(20-11)10(18)14-4-2-3-7(12)17/h2-6,13H2,1H3,(H2,12,17)(H,14,18)(H,15,16). The number of methoxy groups -OCH3 is 1. The van der Waals surface area contributed by atoms with E-state index >= 15 is 0 Å². The number of nitrogens with one attached hydrogen (secondary N) is 2. The van der Waals surface area contributed by atoms with Crippen LogP contribution in [0.25, 0.3) is 0 Å². The van der Waals surface area contributed by atoms with Gasteiger partial charge in [-0.3, -0.25) is 9.59 Å². The summed E-state index contributed by atoms with van der Waals surface area (Å²) in [4.78, 5) is 26.8. The van der Waals surface area contributed by atoms with Crippen LogP contribution in [-0.4, -0.2) is 43.6 Å². The van der Waals surface area contributed by atoms with Crippen molar-refractivity contribution in [1.82, 2.24) is 10.3 Å². The van der Waals surface area contributed by atoms with E-state index in [4.69, 9.17) is 16.2 Å². The van der Waals surface area contributed by atoms with Gasteiger partial charge >= 0.3 is 0 Å². The fourth-order valence-electron chi connectivity index (χ4n) is 1.38. The summed E-state index contributed by atoms with van der Waals surface area (Å²) < 4.78 is 4.90. The van der Waals surface area contributed by atoms with E-state index in [1.54, 1.807) is 7.11 Å². The summed E-state index contributed by atoms with van der Waals surface area (Å²) in [6.45, 7) is 1.49. The monoisotopic (exact) mass is 301 g/mol. The fourth-order valence-corrected chi connectivity index (χ4v) is 2.20. The van der Waals surface area contributed by atoms with Crippen LogP contribution in [0.3, 0.4) is 0 Å². The summed E-state index contributed by atoms with van der Waals surface area (Å²) in [6, 6.07) is 0. The van der Waals surface area contributed by atoms with Crippen molar-refractivity contribution in [1.29, 1.82) is 0 Å². The zero-order valence-corrected chi connectivity index (χ0v) is 12.1. The maximum Gasteiger partial charge on any atom is 0.265 e. The number of aromatic nitrogens is 1. The zero-order valence-electron chi connectivity index (χ0n) is 11.3. The first-order valence-corrected chi connectivity index (χ1v) is 6.92. The minimum absolute atomic E-state index is 0.183. The number of ether oxygens (including phenoxy) is 1. The molecule has 0 aliphatic carbocycles. The second kappa shape index (κ2) is 8.33. The number of nitrogens with zero attached hydrogens (tertiary/aromatic N) is 1. The van der Waals surface area contributed by atoms with Crippen molar-refractivity contribution in [2.75, 3.05) is 37.9 Å². The van der Waals surface area contributed by atoms with Crippen LogP contribution in [-0.2, 0) is 9.53 Å². The molecule has 9 heteroatoms. The van der Waals surface area contributed by atoms with Gasteiger partial charge in [-0.1, -0.05) is 11.3 Å². The number of carbonyl (C=O) groups excluding carboxylic acids is 2. The second-order valence-corrected chi connectivity index (χ2v) is 4.98. The Morgan fingerprint density at radius 3 is 2.80 bits per heavy atom. The molecular weight excluding hydrogens is 282 g/mol. The quantitative estimate of drug-likeness (QED) is 0.466. The molecule has 0 unspecified atom stereocenters. The Morgan fingerprint density at radius 2 is 2.15 bits per heavy atom. The second-order valence-electron chi connectivity index (χ2n) is 3.98. The van der Waals surface area contributed by atoms with Gasteiger partial charge in [-0.2, -0.15) is 0 Å². The van der Waals surface area contributed by atoms with E-state index in [1.165, 1.54) is 11.3 Å². The average molecular weight is 301 g/mol. The summed E-state index contributed by atoms with van der Waals surface area (Å²) in [7, 11) is 1.60. The molecule has 0 aromatic carbocycles. The van der Waals surface area contributed by atoms with E-state index in [0.29, 0.717) is 36.1 Å². The molecule has 8 nitrogen and oxygen atoms in total. The van der Waals surface area contributed by atoms with Crippen molar-refractivity contribution >= 4 is 34.1 Å². The summed E-state index contributed by atoms with van der Waals surface area (Å²) in [5, 5.41) is 6.24. The van der Waals surface area contributed by atoms with Crippen LogP contribution in [0.15, 0.2) is 0 Å². The van der Waals surface area contributed by atoms with Crippen molar-refractivity contribution in [2.45, 2.75) is 12.8 Å². The lowest BCUT2D eigenvalue weighted by atomic mass is 10.3. The topological polar surface area (TPSA) is 132 Å². The van der Waals surface area contributed by atoms with Crippen molar-refractivity contribution in [3.63, 3.8) is 0 Å². The van der Waals surface area contributed by atoms with E-state index in [-0.39, 0.29) is 24.1 Å². The predicted octanol–water partition coefficient (Wildman–Crippen LogP) is -0.221. The molecule has 6 N–H and O–H groups in total. The largest absolute Gasteiger partial charge is 0.383 e. The normalized spacial score (nSPS) is 10.2. The maximum atomic E-state index is 11.9. The molecule has 1 rings (SSSR count). The first-order valence-electron chi connectivity index (χ1n) is 6.10. The third-order valence-corrected chi connectivity index (χ3v) is 3.36. The van der Waals surface area contributed by atoms with Crippen molar-refractivity contribution in [3.05, 3.63) is 4.88 Å². The SMILES string of the molecule is COCCNc1nc(N)c(C(=O)NCCCC(N)=O)s1. The molecule has 1 aromatic rings. The van der Waals surface area contributed by atoms with E-state index in [9.17, 15) is 9.59 Å². The van der Waals surface area contributed by atoms with Gasteiger partial charge in [0.25, 0.3) is 5.91 Å². The Hall–Kier alpha value is -1.87. The molecule has 0 fully saturated rings. The molecular formula is C11H19N5O3S. The van der Waals surface area contributed by atoms with Crippen LogP contribution in [0.2, 0.25) is 0 Å². The Balaban J connectivity index is 2.44. The lowest BCUT2D eigenvalue weighted by Gasteiger charge is -2.02. The highest BCUT2D eigenvalue weighted by Gasteiger charge is 2.15. The molecule has 1 aromatic heterocycles. The van der Waals surface area contributed by atoms with Crippen LogP contribution in [0.4, 0.5) is 10.9 Å². The van der Waals surface area contributed by atoms with Crippen molar-refractivity contribution in [3.8, 4) is 0 Å². The number of nitrogen functional groups attached to an aromatic ring is 1. The van der Waals surface area contributed by atoms with Crippen LogP contribution < -0.4 is 22.1 Å². The third kappa shape index (κ3) is 5.41. The van der Waals surface area contributed by atoms with Gasteiger partial charge < -0.3 is 26.8 Å². The summed E-state index contributed by atoms with van der Waals surface area (Å²) in [5.41, 5.74) is 10.7. The fraction of sp³-hybridized carbons (Fsp3) is 0.545. The Labute approximate surface area is 120 Å². The van der Waals surface area contributed by atoms with Crippen LogP contribution in [0, 0.1) is 0 Å². The highest BCUT2D eigenvalue weighted by molar-refractivity contribution is 7.18. The Morgan fingerprint density at radius 1 is 1.40 bits per heavy atom. The Kier molecular flexibility index (Phi) is 6.74. The lowest BCUT2D eigenvalue weighted by Crippen LogP contribution is -2.25. The van der Waals surface area contributed by atoms with Crippen molar-refractivity contribution in [2.24, 2.45) is 5.73 Å². The third-order valence-electron chi connectivity index (χ3n) is 2.33. The van der Waals surface area contributed by atoms with E-state index in [0.717, 1.165) is 0 Å². The van der Waals surface area contributed by atoms with Gasteiger partial charge in [-0.25, -0.2) is 4.98 Å². The number of thiazole rings is 1. The molecule has 0 saturated carbocycles. The lowest BCUT2D eigenvalue weighted by molar-refractivity contribution is -0.118. The van der Waals surface area contributed by atoms with Crippen LogP contribution >= 0.6 is 11.3 Å². The molecule has 0 spiro atoms. The average Bonchev–Trinajstić information content (AvgIpc) is 2.76. The number of rotatable bonds is 9. The number of hydrogen-bond donors (Lipinski definition) is 4. The Bertz CT molecular complexity index is 463. The van der Waals surface area contributed by atoms with Gasteiger partial charge in [0.15, 0.2) is 5.13 Å². The van der Waals surface area contributed by atoms with Gasteiger partial charge in [0.05, 0.1) is 6.61 Å². The number of nitrogens with two attached hydrogens (primary N) is 2. The van der Waals surface area contributed by atoms with E-state index < -0.39 is 0 Å². The minimum atomic E-state index is -0.388. The number of anilines is 2. The highest BCUT2D eigenvalue weighted by atomic mass is 32.1. The molecule has 0 bridgehead atoms. The first-order chi connectivity index (χ1) is 9.54. The number of carbonyl (C=O) groups is 2. The molecule has 2 amide bonds. The first kappa shape index (κ1) is 16.2. The molecule has 1 heterocycles. The van der Waals surface area contributed by atoms with Crippen LogP contribution in [0.1, 0.15) is 22.5 Å². The smallest absolute Gasteiger partial charge is 0.265 e.